The summed E-state index contributed by atoms with van der Waals surface area (Å²) in [5.41, 5.74) is 0.538. The molecule has 1 aromatic carbocycles. The number of pyridine rings is 1. The monoisotopic (exact) mass is 354 g/mol. The Kier molecular flexibility index (Phi) is 5.60. The van der Waals surface area contributed by atoms with Crippen LogP contribution in [-0.4, -0.2) is 35.3 Å². The van der Waals surface area contributed by atoms with Crippen LogP contribution in [0.4, 0.5) is 4.39 Å². The third kappa shape index (κ3) is 4.82. The molecule has 1 amide bonds. The van der Waals surface area contributed by atoms with Crippen molar-refractivity contribution in [1.29, 1.82) is 0 Å². The predicted octanol–water partition coefficient (Wildman–Crippen LogP) is 0.506. The van der Waals surface area contributed by atoms with Gasteiger partial charge in [0.1, 0.15) is 5.82 Å². The molecule has 128 valence electrons. The second-order valence-corrected chi connectivity index (χ2v) is 6.74. The molecule has 2 aromatic rings. The van der Waals surface area contributed by atoms with E-state index in [1.807, 2.05) is 4.72 Å². The largest absolute Gasteiger partial charge is 0.390 e. The van der Waals surface area contributed by atoms with Crippen molar-refractivity contribution in [2.75, 3.05) is 5.75 Å². The summed E-state index contributed by atoms with van der Waals surface area (Å²) in [5, 5.41) is 18.8. The summed E-state index contributed by atoms with van der Waals surface area (Å²) in [4.78, 5) is 15.7. The highest BCUT2D eigenvalue weighted by molar-refractivity contribution is 7.90. The lowest BCUT2D eigenvalue weighted by atomic mass is 10.1. The van der Waals surface area contributed by atoms with E-state index in [9.17, 15) is 22.7 Å². The maximum atomic E-state index is 12.8. The Morgan fingerprint density at radius 2 is 1.88 bits per heavy atom. The van der Waals surface area contributed by atoms with Crippen molar-refractivity contribution in [2.24, 2.45) is 0 Å². The summed E-state index contributed by atoms with van der Waals surface area (Å²) in [6, 6.07) is 7.41. The quantitative estimate of drug-likeness (QED) is 0.696. The molecular formula is C15H15FN2O5S. The van der Waals surface area contributed by atoms with Crippen LogP contribution in [0.2, 0.25) is 0 Å². The number of aliphatic hydroxyl groups is 2. The number of carbonyl (C=O) groups is 1. The summed E-state index contributed by atoms with van der Waals surface area (Å²) in [6.07, 6.45) is -0.280. The average Bonchev–Trinajstić information content (AvgIpc) is 2.54. The van der Waals surface area contributed by atoms with Crippen LogP contribution < -0.4 is 4.72 Å². The van der Waals surface area contributed by atoms with Gasteiger partial charge in [0.2, 0.25) is 10.0 Å². The molecule has 0 aliphatic heterocycles. The van der Waals surface area contributed by atoms with Crippen LogP contribution in [0, 0.1) is 5.82 Å². The lowest BCUT2D eigenvalue weighted by Gasteiger charge is -2.12. The van der Waals surface area contributed by atoms with Crippen LogP contribution >= 0.6 is 0 Å². The zero-order valence-corrected chi connectivity index (χ0v) is 13.2. The number of sulfonamides is 1. The maximum Gasteiger partial charge on any atom is 0.266 e. The van der Waals surface area contributed by atoms with Crippen molar-refractivity contribution in [1.82, 2.24) is 9.71 Å². The average molecular weight is 354 g/mol. The van der Waals surface area contributed by atoms with E-state index < -0.39 is 33.6 Å². The van der Waals surface area contributed by atoms with Crippen LogP contribution in [0.5, 0.6) is 0 Å². The van der Waals surface area contributed by atoms with Crippen molar-refractivity contribution in [3.05, 3.63) is 65.2 Å². The van der Waals surface area contributed by atoms with Crippen molar-refractivity contribution >= 4 is 15.9 Å². The van der Waals surface area contributed by atoms with Crippen LogP contribution in [-0.2, 0) is 16.6 Å². The van der Waals surface area contributed by atoms with Crippen LogP contribution in [0.25, 0.3) is 0 Å². The number of halogens is 1. The third-order valence-corrected chi connectivity index (χ3v) is 4.38. The second-order valence-electron chi connectivity index (χ2n) is 4.98. The summed E-state index contributed by atoms with van der Waals surface area (Å²) >= 11 is 0. The molecular weight excluding hydrogens is 339 g/mol. The smallest absolute Gasteiger partial charge is 0.266 e. The molecule has 0 saturated carbocycles. The van der Waals surface area contributed by atoms with Gasteiger partial charge in [-0.25, -0.2) is 17.5 Å². The van der Waals surface area contributed by atoms with E-state index in [4.69, 9.17) is 5.11 Å². The molecule has 24 heavy (non-hydrogen) atoms. The molecule has 1 unspecified atom stereocenters. The fourth-order valence-electron chi connectivity index (χ4n) is 1.88. The Labute approximate surface area is 137 Å². The topological polar surface area (TPSA) is 117 Å². The van der Waals surface area contributed by atoms with Crippen molar-refractivity contribution in [3.63, 3.8) is 0 Å². The standard InChI is InChI=1S/C15H15FN2O5S/c16-12-4-1-10(2-5-12)14(20)9-24(22,23)18-15(21)11-3-6-13(8-19)17-7-11/h1-7,14,19-20H,8-9H2,(H,18,21). The molecule has 2 rings (SSSR count). The zero-order valence-electron chi connectivity index (χ0n) is 12.4. The Hall–Kier alpha value is -2.36. The van der Waals surface area contributed by atoms with E-state index in [1.165, 1.54) is 24.3 Å². The molecule has 0 aliphatic rings. The van der Waals surface area contributed by atoms with Crippen LogP contribution in [0.3, 0.4) is 0 Å². The number of hydrogen-bond donors (Lipinski definition) is 3. The van der Waals surface area contributed by atoms with Crippen LogP contribution in [0.1, 0.15) is 27.7 Å². The minimum atomic E-state index is -4.12. The molecule has 9 heteroatoms. The van der Waals surface area contributed by atoms with E-state index >= 15 is 0 Å². The lowest BCUT2D eigenvalue weighted by molar-refractivity contribution is 0.0980. The SMILES string of the molecule is O=C(NS(=O)(=O)CC(O)c1ccc(F)cc1)c1ccc(CO)nc1. The van der Waals surface area contributed by atoms with Gasteiger partial charge in [0.05, 0.1) is 29.7 Å². The number of rotatable bonds is 6. The van der Waals surface area contributed by atoms with Crippen molar-refractivity contribution in [2.45, 2.75) is 12.7 Å². The van der Waals surface area contributed by atoms with E-state index in [-0.39, 0.29) is 17.7 Å². The summed E-state index contributed by atoms with van der Waals surface area (Å²) in [5.74, 6) is -2.17. The van der Waals surface area contributed by atoms with E-state index in [1.54, 1.807) is 0 Å². The molecule has 3 N–H and O–H groups in total. The second kappa shape index (κ2) is 7.47. The first-order chi connectivity index (χ1) is 11.3. The number of carbonyl (C=O) groups excluding carboxylic acids is 1. The zero-order chi connectivity index (χ0) is 17.7. The highest BCUT2D eigenvalue weighted by Gasteiger charge is 2.22. The minimum Gasteiger partial charge on any atom is -0.390 e. The normalized spacial score (nSPS) is 12.6. The molecule has 0 spiro atoms. The van der Waals surface area contributed by atoms with E-state index in [0.717, 1.165) is 18.3 Å². The minimum absolute atomic E-state index is 0.00736. The van der Waals surface area contributed by atoms with E-state index in [2.05, 4.69) is 4.98 Å². The van der Waals surface area contributed by atoms with Gasteiger partial charge in [-0.05, 0) is 29.8 Å². The molecule has 0 saturated heterocycles. The van der Waals surface area contributed by atoms with Crippen LogP contribution in [0.15, 0.2) is 42.6 Å². The first-order valence-electron chi connectivity index (χ1n) is 6.85. The fourth-order valence-corrected chi connectivity index (χ4v) is 2.97. The lowest BCUT2D eigenvalue weighted by Crippen LogP contribution is -2.34. The first-order valence-corrected chi connectivity index (χ1v) is 8.50. The Balaban J connectivity index is 2.04. The van der Waals surface area contributed by atoms with Gasteiger partial charge in [0, 0.05) is 6.20 Å². The number of aromatic nitrogens is 1. The molecule has 7 nitrogen and oxygen atoms in total. The highest BCUT2D eigenvalue weighted by Crippen LogP contribution is 2.15. The summed E-state index contributed by atoms with van der Waals surface area (Å²) in [7, 11) is -4.12. The van der Waals surface area contributed by atoms with Crippen molar-refractivity contribution in [3.8, 4) is 0 Å². The Bertz CT molecular complexity index is 807. The van der Waals surface area contributed by atoms with Crippen molar-refractivity contribution < 1.29 is 27.8 Å². The highest BCUT2D eigenvalue weighted by atomic mass is 32.2. The molecule has 1 aromatic heterocycles. The number of nitrogens with zero attached hydrogens (tertiary/aromatic N) is 1. The van der Waals surface area contributed by atoms with Gasteiger partial charge in [-0.15, -0.1) is 0 Å². The third-order valence-electron chi connectivity index (χ3n) is 3.13. The summed E-state index contributed by atoms with van der Waals surface area (Å²) < 4.78 is 38.6. The maximum absolute atomic E-state index is 12.8. The Morgan fingerprint density at radius 3 is 2.42 bits per heavy atom. The molecule has 0 aliphatic carbocycles. The number of hydrogen-bond acceptors (Lipinski definition) is 6. The summed E-state index contributed by atoms with van der Waals surface area (Å²) in [6.45, 7) is -0.302. The van der Waals surface area contributed by atoms with Gasteiger partial charge in [0.25, 0.3) is 5.91 Å². The number of nitrogens with one attached hydrogen (secondary N) is 1. The van der Waals surface area contributed by atoms with Gasteiger partial charge in [-0.2, -0.15) is 0 Å². The number of benzene rings is 1. The van der Waals surface area contributed by atoms with E-state index in [0.29, 0.717) is 5.69 Å². The van der Waals surface area contributed by atoms with Gasteiger partial charge in [-0.3, -0.25) is 9.78 Å². The van der Waals surface area contributed by atoms with Gasteiger partial charge in [-0.1, -0.05) is 12.1 Å². The van der Waals surface area contributed by atoms with Gasteiger partial charge >= 0.3 is 0 Å². The van der Waals surface area contributed by atoms with Gasteiger partial charge < -0.3 is 10.2 Å². The molecule has 0 bridgehead atoms. The number of aliphatic hydroxyl groups excluding tert-OH is 2. The molecule has 1 atom stereocenters. The number of amides is 1. The Morgan fingerprint density at radius 1 is 1.21 bits per heavy atom. The fraction of sp³-hybridized carbons (Fsp3) is 0.200. The molecule has 0 fully saturated rings. The van der Waals surface area contributed by atoms with Gasteiger partial charge in [0.15, 0.2) is 0 Å². The predicted molar refractivity (Wildman–Crippen MR) is 82.8 cm³/mol. The molecule has 1 heterocycles. The first kappa shape index (κ1) is 18.0. The molecule has 0 radical (unpaired) electrons.